The summed E-state index contributed by atoms with van der Waals surface area (Å²) < 4.78 is 18.7. The minimum Gasteiger partial charge on any atom is -0.444 e. The van der Waals surface area contributed by atoms with Crippen LogP contribution in [0.15, 0.2) is 18.2 Å². The molecule has 1 amide bonds. The van der Waals surface area contributed by atoms with Gasteiger partial charge in [-0.2, -0.15) is 4.39 Å². The number of fused-ring (bicyclic) bond motifs is 2. The van der Waals surface area contributed by atoms with Crippen LogP contribution >= 0.6 is 0 Å². The Hall–Kier alpha value is -1.85. The number of anilines is 1. The van der Waals surface area contributed by atoms with Crippen molar-refractivity contribution >= 4 is 11.9 Å². The third kappa shape index (κ3) is 3.74. The highest BCUT2D eigenvalue weighted by molar-refractivity contribution is 5.69. The molecule has 5 nitrogen and oxygen atoms in total. The first-order valence-corrected chi connectivity index (χ1v) is 8.22. The number of amides is 1. The third-order valence-electron chi connectivity index (χ3n) is 4.40. The Labute approximate surface area is 136 Å². The van der Waals surface area contributed by atoms with Crippen LogP contribution in [0.2, 0.25) is 0 Å². The SMILES string of the molecule is CC(C)(C)OC(=O)N1C2CCC1CC(Nc1cccc(F)n1)C2. The van der Waals surface area contributed by atoms with E-state index in [4.69, 9.17) is 4.74 Å². The molecule has 126 valence electrons. The smallest absolute Gasteiger partial charge is 0.410 e. The lowest BCUT2D eigenvalue weighted by Crippen LogP contribution is -2.51. The lowest BCUT2D eigenvalue weighted by molar-refractivity contribution is 0.00683. The number of aromatic nitrogens is 1. The molecule has 23 heavy (non-hydrogen) atoms. The van der Waals surface area contributed by atoms with Gasteiger partial charge < -0.3 is 15.0 Å². The van der Waals surface area contributed by atoms with Gasteiger partial charge in [-0.1, -0.05) is 6.07 Å². The molecule has 2 saturated heterocycles. The van der Waals surface area contributed by atoms with Gasteiger partial charge in [0.05, 0.1) is 0 Å². The Morgan fingerprint density at radius 3 is 2.52 bits per heavy atom. The van der Waals surface area contributed by atoms with Gasteiger partial charge in [0.1, 0.15) is 11.4 Å². The average Bonchev–Trinajstić information content (AvgIpc) is 2.69. The maximum absolute atomic E-state index is 13.2. The number of halogens is 1. The maximum atomic E-state index is 13.2. The molecule has 2 aliphatic heterocycles. The van der Waals surface area contributed by atoms with Gasteiger partial charge in [0.25, 0.3) is 0 Å². The monoisotopic (exact) mass is 321 g/mol. The van der Waals surface area contributed by atoms with E-state index in [2.05, 4.69) is 10.3 Å². The lowest BCUT2D eigenvalue weighted by atomic mass is 9.97. The number of nitrogens with zero attached hydrogens (tertiary/aromatic N) is 2. The second-order valence-corrected chi connectivity index (χ2v) is 7.43. The molecule has 1 N–H and O–H groups in total. The van der Waals surface area contributed by atoms with Crippen LogP contribution in [0.3, 0.4) is 0 Å². The van der Waals surface area contributed by atoms with Crippen molar-refractivity contribution in [3.8, 4) is 0 Å². The Morgan fingerprint density at radius 1 is 1.30 bits per heavy atom. The summed E-state index contributed by atoms with van der Waals surface area (Å²) >= 11 is 0. The van der Waals surface area contributed by atoms with Crippen molar-refractivity contribution < 1.29 is 13.9 Å². The van der Waals surface area contributed by atoms with E-state index in [0.29, 0.717) is 5.82 Å². The van der Waals surface area contributed by atoms with Crippen LogP contribution in [-0.4, -0.2) is 39.7 Å². The summed E-state index contributed by atoms with van der Waals surface area (Å²) in [4.78, 5) is 18.2. The van der Waals surface area contributed by atoms with Gasteiger partial charge in [-0.25, -0.2) is 9.78 Å². The number of piperidine rings is 1. The zero-order valence-corrected chi connectivity index (χ0v) is 13.9. The molecular formula is C17H24FN3O2. The molecule has 3 rings (SSSR count). The number of nitrogens with one attached hydrogen (secondary N) is 1. The molecule has 1 aromatic heterocycles. The molecule has 3 heterocycles. The van der Waals surface area contributed by atoms with Crippen molar-refractivity contribution in [2.24, 2.45) is 0 Å². The van der Waals surface area contributed by atoms with Gasteiger partial charge in [-0.3, -0.25) is 0 Å². The van der Waals surface area contributed by atoms with Crippen LogP contribution in [0.5, 0.6) is 0 Å². The van der Waals surface area contributed by atoms with Crippen molar-refractivity contribution in [3.63, 3.8) is 0 Å². The standard InChI is InChI=1S/C17H24FN3O2/c1-17(2,3)23-16(22)21-12-7-8-13(21)10-11(9-12)19-15-6-4-5-14(18)20-15/h4-6,11-13H,7-10H2,1-3H3,(H,19,20). The van der Waals surface area contributed by atoms with Gasteiger partial charge in [0.2, 0.25) is 5.95 Å². The molecule has 0 aliphatic carbocycles. The summed E-state index contributed by atoms with van der Waals surface area (Å²) in [6, 6.07) is 5.34. The fourth-order valence-electron chi connectivity index (χ4n) is 3.61. The predicted octanol–water partition coefficient (Wildman–Crippen LogP) is 3.56. The van der Waals surface area contributed by atoms with Crippen LogP contribution in [-0.2, 0) is 4.74 Å². The number of rotatable bonds is 2. The van der Waals surface area contributed by atoms with Crippen LogP contribution < -0.4 is 5.32 Å². The van der Waals surface area contributed by atoms with E-state index in [-0.39, 0.29) is 24.2 Å². The van der Waals surface area contributed by atoms with Crippen molar-refractivity contribution in [2.45, 2.75) is 70.2 Å². The quantitative estimate of drug-likeness (QED) is 0.846. The number of hydrogen-bond acceptors (Lipinski definition) is 4. The van der Waals surface area contributed by atoms with Gasteiger partial charge in [0, 0.05) is 18.1 Å². The first-order chi connectivity index (χ1) is 10.8. The van der Waals surface area contributed by atoms with Crippen LogP contribution in [0.1, 0.15) is 46.5 Å². The van der Waals surface area contributed by atoms with Crippen LogP contribution in [0.25, 0.3) is 0 Å². The maximum Gasteiger partial charge on any atom is 0.410 e. The molecular weight excluding hydrogens is 297 g/mol. The molecule has 1 aromatic rings. The second kappa shape index (κ2) is 5.98. The highest BCUT2D eigenvalue weighted by Crippen LogP contribution is 2.37. The predicted molar refractivity (Wildman–Crippen MR) is 85.7 cm³/mol. The van der Waals surface area contributed by atoms with Crippen molar-refractivity contribution in [1.29, 1.82) is 0 Å². The van der Waals surface area contributed by atoms with Gasteiger partial charge in [0.15, 0.2) is 0 Å². The molecule has 0 radical (unpaired) electrons. The molecule has 2 aliphatic rings. The number of carbonyl (C=O) groups is 1. The molecule has 0 aromatic carbocycles. The molecule has 6 heteroatoms. The third-order valence-corrected chi connectivity index (χ3v) is 4.40. The van der Waals surface area contributed by atoms with Crippen molar-refractivity contribution in [1.82, 2.24) is 9.88 Å². The highest BCUT2D eigenvalue weighted by atomic mass is 19.1. The van der Waals surface area contributed by atoms with Crippen LogP contribution in [0.4, 0.5) is 15.0 Å². The minimum absolute atomic E-state index is 0.189. The van der Waals surface area contributed by atoms with E-state index in [1.165, 1.54) is 6.07 Å². The molecule has 2 unspecified atom stereocenters. The molecule has 2 atom stereocenters. The Bertz CT molecular complexity index is 573. The van der Waals surface area contributed by atoms with E-state index in [1.54, 1.807) is 12.1 Å². The van der Waals surface area contributed by atoms with E-state index in [9.17, 15) is 9.18 Å². The van der Waals surface area contributed by atoms with E-state index in [1.807, 2.05) is 25.7 Å². The number of carbonyl (C=O) groups excluding carboxylic acids is 1. The molecule has 0 saturated carbocycles. The largest absolute Gasteiger partial charge is 0.444 e. The zero-order valence-electron chi connectivity index (χ0n) is 13.9. The molecule has 2 bridgehead atoms. The summed E-state index contributed by atoms with van der Waals surface area (Å²) in [5.41, 5.74) is -0.475. The normalized spacial score (nSPS) is 27.0. The molecule has 0 spiro atoms. The highest BCUT2D eigenvalue weighted by Gasteiger charge is 2.44. The fraction of sp³-hybridized carbons (Fsp3) is 0.647. The number of pyridine rings is 1. The van der Waals surface area contributed by atoms with Crippen molar-refractivity contribution in [3.05, 3.63) is 24.1 Å². The van der Waals surface area contributed by atoms with Gasteiger partial charge in [-0.05, 0) is 58.6 Å². The van der Waals surface area contributed by atoms with E-state index in [0.717, 1.165) is 25.7 Å². The summed E-state index contributed by atoms with van der Waals surface area (Å²) in [7, 11) is 0. The van der Waals surface area contributed by atoms with Gasteiger partial charge in [-0.15, -0.1) is 0 Å². The summed E-state index contributed by atoms with van der Waals surface area (Å²) in [6.07, 6.45) is 3.46. The summed E-state index contributed by atoms with van der Waals surface area (Å²) in [6.45, 7) is 5.66. The Kier molecular flexibility index (Phi) is 4.17. The summed E-state index contributed by atoms with van der Waals surface area (Å²) in [5.74, 6) is 0.0734. The Balaban J connectivity index is 1.64. The number of ether oxygens (including phenoxy) is 1. The summed E-state index contributed by atoms with van der Waals surface area (Å²) in [5, 5.41) is 3.30. The average molecular weight is 321 g/mol. The fourth-order valence-corrected chi connectivity index (χ4v) is 3.61. The first kappa shape index (κ1) is 16.0. The minimum atomic E-state index is -0.482. The first-order valence-electron chi connectivity index (χ1n) is 8.22. The van der Waals surface area contributed by atoms with E-state index < -0.39 is 11.5 Å². The lowest BCUT2D eigenvalue weighted by Gasteiger charge is -2.39. The number of hydrogen-bond donors (Lipinski definition) is 1. The zero-order chi connectivity index (χ0) is 16.6. The topological polar surface area (TPSA) is 54.5 Å². The van der Waals surface area contributed by atoms with Crippen LogP contribution in [0, 0.1) is 5.95 Å². The Morgan fingerprint density at radius 2 is 1.96 bits per heavy atom. The van der Waals surface area contributed by atoms with Gasteiger partial charge >= 0.3 is 6.09 Å². The van der Waals surface area contributed by atoms with E-state index >= 15 is 0 Å². The molecule has 2 fully saturated rings. The second-order valence-electron chi connectivity index (χ2n) is 7.43. The van der Waals surface area contributed by atoms with Crippen molar-refractivity contribution in [2.75, 3.05) is 5.32 Å².